The average Bonchev–Trinajstić information content (AvgIpc) is 3.16. The Kier molecular flexibility index (Phi) is 5.23. The Hall–Kier alpha value is -3.66. The number of carbonyl (C=O) groups excluding carboxylic acids is 1. The van der Waals surface area contributed by atoms with Crippen molar-refractivity contribution in [3.63, 3.8) is 0 Å². The number of carbonyl (C=O) groups is 1. The highest BCUT2D eigenvalue weighted by Crippen LogP contribution is 2.26. The van der Waals surface area contributed by atoms with Gasteiger partial charge in [0.1, 0.15) is 0 Å². The zero-order chi connectivity index (χ0) is 21.3. The Labute approximate surface area is 177 Å². The molecule has 0 saturated carbocycles. The van der Waals surface area contributed by atoms with Crippen molar-refractivity contribution in [1.29, 1.82) is 0 Å². The molecule has 1 amide bonds. The molecule has 0 unspecified atom stereocenters. The van der Waals surface area contributed by atoms with Gasteiger partial charge in [-0.05, 0) is 63.1 Å². The van der Waals surface area contributed by atoms with Gasteiger partial charge >= 0.3 is 0 Å². The van der Waals surface area contributed by atoms with Crippen LogP contribution < -0.4 is 5.32 Å². The Morgan fingerprint density at radius 3 is 2.20 bits per heavy atom. The number of rotatable bonds is 4. The topological polar surface area (TPSA) is 46.9 Å². The van der Waals surface area contributed by atoms with Crippen molar-refractivity contribution in [2.45, 2.75) is 27.7 Å². The van der Waals surface area contributed by atoms with Crippen LogP contribution in [0.4, 0.5) is 5.69 Å². The molecule has 0 radical (unpaired) electrons. The van der Waals surface area contributed by atoms with Gasteiger partial charge in [-0.1, -0.05) is 59.7 Å². The summed E-state index contributed by atoms with van der Waals surface area (Å²) in [5.41, 5.74) is 8.52. The van der Waals surface area contributed by atoms with Crippen molar-refractivity contribution in [1.82, 2.24) is 9.78 Å². The second-order valence-corrected chi connectivity index (χ2v) is 7.80. The Morgan fingerprint density at radius 2 is 1.50 bits per heavy atom. The second kappa shape index (κ2) is 7.99. The molecule has 30 heavy (non-hydrogen) atoms. The number of nitrogens with zero attached hydrogens (tertiary/aromatic N) is 2. The van der Waals surface area contributed by atoms with Crippen molar-refractivity contribution in [2.24, 2.45) is 0 Å². The number of hydrogen-bond donors (Lipinski definition) is 1. The summed E-state index contributed by atoms with van der Waals surface area (Å²) in [6, 6.07) is 24.2. The fourth-order valence-corrected chi connectivity index (χ4v) is 3.52. The normalized spacial score (nSPS) is 10.8. The first-order chi connectivity index (χ1) is 14.4. The molecule has 0 fully saturated rings. The summed E-state index contributed by atoms with van der Waals surface area (Å²) in [6.07, 6.45) is 0. The number of aromatic nitrogens is 2. The molecule has 4 nitrogen and oxygen atoms in total. The monoisotopic (exact) mass is 395 g/mol. The number of benzene rings is 3. The van der Waals surface area contributed by atoms with Crippen LogP contribution in [-0.2, 0) is 0 Å². The maximum Gasteiger partial charge on any atom is 0.276 e. The van der Waals surface area contributed by atoms with Gasteiger partial charge < -0.3 is 5.32 Å². The molecule has 3 aromatic carbocycles. The molecule has 4 rings (SSSR count). The maximum atomic E-state index is 13.0. The van der Waals surface area contributed by atoms with Crippen LogP contribution in [0, 0.1) is 27.7 Å². The van der Waals surface area contributed by atoms with Gasteiger partial charge in [-0.25, -0.2) is 4.68 Å². The number of amides is 1. The van der Waals surface area contributed by atoms with E-state index in [0.717, 1.165) is 39.3 Å². The van der Waals surface area contributed by atoms with E-state index in [-0.39, 0.29) is 5.91 Å². The molecule has 0 aliphatic carbocycles. The third-order valence-corrected chi connectivity index (χ3v) is 5.17. The van der Waals surface area contributed by atoms with Crippen LogP contribution in [0.1, 0.15) is 32.7 Å². The first-order valence-corrected chi connectivity index (χ1v) is 10.0. The molecule has 0 aliphatic heterocycles. The highest BCUT2D eigenvalue weighted by molar-refractivity contribution is 6.04. The molecular formula is C26H25N3O. The predicted molar refractivity (Wildman–Crippen MR) is 122 cm³/mol. The first-order valence-electron chi connectivity index (χ1n) is 10.0. The van der Waals surface area contributed by atoms with Crippen LogP contribution in [0.3, 0.4) is 0 Å². The quantitative estimate of drug-likeness (QED) is 0.459. The third kappa shape index (κ3) is 4.03. The lowest BCUT2D eigenvalue weighted by Gasteiger charge is -2.09. The van der Waals surface area contributed by atoms with Gasteiger partial charge in [0, 0.05) is 11.3 Å². The van der Waals surface area contributed by atoms with Crippen LogP contribution in [0.5, 0.6) is 0 Å². The summed E-state index contributed by atoms with van der Waals surface area (Å²) in [5, 5.41) is 7.67. The van der Waals surface area contributed by atoms with E-state index in [1.165, 1.54) is 5.56 Å². The summed E-state index contributed by atoms with van der Waals surface area (Å²) in [4.78, 5) is 13.0. The minimum Gasteiger partial charge on any atom is -0.320 e. The minimum atomic E-state index is -0.221. The average molecular weight is 396 g/mol. The third-order valence-electron chi connectivity index (χ3n) is 5.17. The summed E-state index contributed by atoms with van der Waals surface area (Å²) >= 11 is 0. The zero-order valence-corrected chi connectivity index (χ0v) is 17.7. The van der Waals surface area contributed by atoms with Crippen molar-refractivity contribution in [3.05, 3.63) is 101 Å². The van der Waals surface area contributed by atoms with Crippen molar-refractivity contribution in [2.75, 3.05) is 5.32 Å². The van der Waals surface area contributed by atoms with Gasteiger partial charge in [0.25, 0.3) is 5.91 Å². The fraction of sp³-hybridized carbons (Fsp3) is 0.154. The maximum absolute atomic E-state index is 13.0. The number of anilines is 1. The molecule has 4 aromatic rings. The molecule has 0 bridgehead atoms. The second-order valence-electron chi connectivity index (χ2n) is 7.80. The first kappa shape index (κ1) is 19.6. The van der Waals surface area contributed by atoms with Gasteiger partial charge in [0.15, 0.2) is 5.69 Å². The van der Waals surface area contributed by atoms with E-state index < -0.39 is 0 Å². The minimum absolute atomic E-state index is 0.221. The van der Waals surface area contributed by atoms with Crippen LogP contribution in [-0.4, -0.2) is 15.7 Å². The fourth-order valence-electron chi connectivity index (χ4n) is 3.52. The molecule has 0 aliphatic rings. The number of hydrogen-bond acceptors (Lipinski definition) is 2. The van der Waals surface area contributed by atoms with E-state index >= 15 is 0 Å². The summed E-state index contributed by atoms with van der Waals surface area (Å²) in [5.74, 6) is -0.221. The predicted octanol–water partition coefficient (Wildman–Crippen LogP) is 6.03. The molecule has 4 heteroatoms. The highest BCUT2D eigenvalue weighted by atomic mass is 16.2. The van der Waals surface area contributed by atoms with E-state index in [2.05, 4.69) is 53.7 Å². The van der Waals surface area contributed by atoms with E-state index in [9.17, 15) is 4.79 Å². The lowest BCUT2D eigenvalue weighted by atomic mass is 10.1. The van der Waals surface area contributed by atoms with E-state index in [0.29, 0.717) is 5.69 Å². The molecule has 1 N–H and O–H groups in total. The van der Waals surface area contributed by atoms with Crippen LogP contribution in [0.2, 0.25) is 0 Å². The van der Waals surface area contributed by atoms with E-state index in [1.807, 2.05) is 61.9 Å². The molecule has 0 atom stereocenters. The van der Waals surface area contributed by atoms with Gasteiger partial charge in [-0.2, -0.15) is 5.10 Å². The largest absolute Gasteiger partial charge is 0.320 e. The Bertz CT molecular complexity index is 1220. The lowest BCUT2D eigenvalue weighted by molar-refractivity contribution is 0.102. The van der Waals surface area contributed by atoms with Gasteiger partial charge in [0.05, 0.1) is 11.4 Å². The molecule has 150 valence electrons. The van der Waals surface area contributed by atoms with Gasteiger partial charge in [-0.15, -0.1) is 0 Å². The molecule has 0 spiro atoms. The van der Waals surface area contributed by atoms with E-state index in [4.69, 9.17) is 0 Å². The van der Waals surface area contributed by atoms with Crippen LogP contribution in [0.25, 0.3) is 16.9 Å². The molecule has 0 saturated heterocycles. The molecule has 1 heterocycles. The Balaban J connectivity index is 1.76. The molecule has 1 aromatic heterocycles. The van der Waals surface area contributed by atoms with Gasteiger partial charge in [0.2, 0.25) is 0 Å². The standard InChI is InChI=1S/C26H25N3O/c1-17-8-11-21(12-9-17)25-16-24(28-29(25)22-7-5-6-18(2)15-22)26(30)27-23-13-10-19(3)14-20(23)4/h5-16H,1-4H3,(H,27,30). The highest BCUT2D eigenvalue weighted by Gasteiger charge is 2.17. The summed E-state index contributed by atoms with van der Waals surface area (Å²) < 4.78 is 1.84. The number of nitrogens with one attached hydrogen (secondary N) is 1. The summed E-state index contributed by atoms with van der Waals surface area (Å²) in [7, 11) is 0. The van der Waals surface area contributed by atoms with E-state index in [1.54, 1.807) is 0 Å². The van der Waals surface area contributed by atoms with Crippen LogP contribution >= 0.6 is 0 Å². The van der Waals surface area contributed by atoms with Crippen molar-refractivity contribution < 1.29 is 4.79 Å². The van der Waals surface area contributed by atoms with Crippen molar-refractivity contribution >= 4 is 11.6 Å². The van der Waals surface area contributed by atoms with Gasteiger partial charge in [-0.3, -0.25) is 4.79 Å². The van der Waals surface area contributed by atoms with Crippen LogP contribution in [0.15, 0.2) is 72.8 Å². The SMILES string of the molecule is Cc1ccc(-c2cc(C(=O)Nc3ccc(C)cc3C)nn2-c2cccc(C)c2)cc1. The zero-order valence-electron chi connectivity index (χ0n) is 17.7. The number of aryl methyl sites for hydroxylation is 4. The lowest BCUT2D eigenvalue weighted by Crippen LogP contribution is -2.14. The smallest absolute Gasteiger partial charge is 0.276 e. The summed E-state index contributed by atoms with van der Waals surface area (Å²) in [6.45, 7) is 8.14. The van der Waals surface area contributed by atoms with Crippen molar-refractivity contribution in [3.8, 4) is 16.9 Å². The molecular weight excluding hydrogens is 370 g/mol. The Morgan fingerprint density at radius 1 is 0.800 bits per heavy atom.